The number of H-pyrrole nitrogens is 1. The standard InChI is InChI=1S/C8H12N2O2S/c1-6(2)12-7(11)5-13-8-9-3-4-10-8/h3-4,6H,5H2,1-2H3,(H,9,10). The molecule has 0 radical (unpaired) electrons. The summed E-state index contributed by atoms with van der Waals surface area (Å²) in [5, 5.41) is 0.737. The summed E-state index contributed by atoms with van der Waals surface area (Å²) in [6, 6.07) is 0. The number of rotatable bonds is 4. The first kappa shape index (κ1) is 10.1. The topological polar surface area (TPSA) is 55.0 Å². The lowest BCUT2D eigenvalue weighted by Crippen LogP contribution is -2.13. The summed E-state index contributed by atoms with van der Waals surface area (Å²) < 4.78 is 4.95. The first-order valence-corrected chi connectivity index (χ1v) is 4.98. The summed E-state index contributed by atoms with van der Waals surface area (Å²) >= 11 is 1.34. The number of aromatic amines is 1. The Balaban J connectivity index is 2.23. The third kappa shape index (κ3) is 3.98. The Kier molecular flexibility index (Phi) is 3.82. The largest absolute Gasteiger partial charge is 0.462 e. The van der Waals surface area contributed by atoms with Crippen molar-refractivity contribution in [3.63, 3.8) is 0 Å². The Morgan fingerprint density at radius 1 is 1.77 bits per heavy atom. The quantitative estimate of drug-likeness (QED) is 0.590. The fourth-order valence-corrected chi connectivity index (χ4v) is 1.36. The lowest BCUT2D eigenvalue weighted by atomic mass is 10.5. The molecule has 0 aliphatic rings. The Hall–Kier alpha value is -0.970. The van der Waals surface area contributed by atoms with Gasteiger partial charge in [0.15, 0.2) is 5.16 Å². The van der Waals surface area contributed by atoms with Gasteiger partial charge in [0.25, 0.3) is 0 Å². The molecule has 1 N–H and O–H groups in total. The van der Waals surface area contributed by atoms with Gasteiger partial charge in [-0.25, -0.2) is 4.98 Å². The zero-order chi connectivity index (χ0) is 9.68. The van der Waals surface area contributed by atoms with Gasteiger partial charge in [0.2, 0.25) is 0 Å². The van der Waals surface area contributed by atoms with Gasteiger partial charge < -0.3 is 9.72 Å². The minimum absolute atomic E-state index is 0.0512. The van der Waals surface area contributed by atoms with Crippen LogP contribution in [-0.2, 0) is 9.53 Å². The zero-order valence-electron chi connectivity index (χ0n) is 7.61. The molecule has 72 valence electrons. The molecule has 1 rings (SSSR count). The van der Waals surface area contributed by atoms with E-state index in [0.29, 0.717) is 5.75 Å². The molecule has 13 heavy (non-hydrogen) atoms. The van der Waals surface area contributed by atoms with Gasteiger partial charge in [0, 0.05) is 12.4 Å². The molecule has 0 amide bonds. The average molecular weight is 200 g/mol. The number of carbonyl (C=O) groups is 1. The first-order valence-electron chi connectivity index (χ1n) is 4.00. The number of aromatic nitrogens is 2. The maximum atomic E-state index is 11.1. The van der Waals surface area contributed by atoms with Crippen LogP contribution in [0.25, 0.3) is 0 Å². The fourth-order valence-electron chi connectivity index (χ4n) is 0.754. The third-order valence-corrected chi connectivity index (χ3v) is 2.04. The van der Waals surface area contributed by atoms with Crippen LogP contribution in [0.3, 0.4) is 0 Å². The molecule has 4 nitrogen and oxygen atoms in total. The molecule has 0 saturated heterocycles. The highest BCUT2D eigenvalue weighted by atomic mass is 32.2. The Morgan fingerprint density at radius 2 is 2.54 bits per heavy atom. The smallest absolute Gasteiger partial charge is 0.316 e. The molecule has 1 aromatic heterocycles. The van der Waals surface area contributed by atoms with E-state index in [4.69, 9.17) is 4.74 Å². The molecule has 5 heteroatoms. The number of imidazole rings is 1. The molecule has 1 aromatic rings. The highest BCUT2D eigenvalue weighted by Crippen LogP contribution is 2.11. The Morgan fingerprint density at radius 3 is 3.08 bits per heavy atom. The number of nitrogens with one attached hydrogen (secondary N) is 1. The van der Waals surface area contributed by atoms with Crippen LogP contribution in [-0.4, -0.2) is 27.8 Å². The van der Waals surface area contributed by atoms with Crippen molar-refractivity contribution in [2.24, 2.45) is 0 Å². The summed E-state index contributed by atoms with van der Waals surface area (Å²) in [5.41, 5.74) is 0. The van der Waals surface area contributed by atoms with Crippen LogP contribution < -0.4 is 0 Å². The van der Waals surface area contributed by atoms with Crippen molar-refractivity contribution in [3.05, 3.63) is 12.4 Å². The monoisotopic (exact) mass is 200 g/mol. The molecule has 0 aliphatic heterocycles. The fraction of sp³-hybridized carbons (Fsp3) is 0.500. The highest BCUT2D eigenvalue weighted by molar-refractivity contribution is 7.99. The maximum absolute atomic E-state index is 11.1. The predicted molar refractivity (Wildman–Crippen MR) is 50.5 cm³/mol. The van der Waals surface area contributed by atoms with Crippen molar-refractivity contribution in [1.29, 1.82) is 0 Å². The summed E-state index contributed by atoms with van der Waals surface area (Å²) in [5.74, 6) is 0.0856. The van der Waals surface area contributed by atoms with Crippen LogP contribution in [0, 0.1) is 0 Å². The summed E-state index contributed by atoms with van der Waals surface area (Å²) in [7, 11) is 0. The SMILES string of the molecule is CC(C)OC(=O)CSc1ncc[nH]1. The van der Waals surface area contributed by atoms with E-state index in [1.165, 1.54) is 11.8 Å². The normalized spacial score (nSPS) is 10.4. The van der Waals surface area contributed by atoms with Gasteiger partial charge in [-0.15, -0.1) is 0 Å². The van der Waals surface area contributed by atoms with Crippen LogP contribution >= 0.6 is 11.8 Å². The van der Waals surface area contributed by atoms with E-state index in [-0.39, 0.29) is 12.1 Å². The zero-order valence-corrected chi connectivity index (χ0v) is 8.43. The third-order valence-electron chi connectivity index (χ3n) is 1.17. The van der Waals surface area contributed by atoms with E-state index in [0.717, 1.165) is 5.16 Å². The first-order chi connectivity index (χ1) is 6.18. The molecule has 0 spiro atoms. The Labute approximate surface area is 81.1 Å². The molecule has 0 bridgehead atoms. The summed E-state index contributed by atoms with van der Waals surface area (Å²) in [6.45, 7) is 3.66. The number of esters is 1. The number of hydrogen-bond acceptors (Lipinski definition) is 4. The number of thioether (sulfide) groups is 1. The van der Waals surface area contributed by atoms with E-state index in [1.54, 1.807) is 12.4 Å². The van der Waals surface area contributed by atoms with Gasteiger partial charge in [0.05, 0.1) is 11.9 Å². The van der Waals surface area contributed by atoms with Crippen molar-refractivity contribution in [3.8, 4) is 0 Å². The van der Waals surface area contributed by atoms with E-state index < -0.39 is 0 Å². The minimum Gasteiger partial charge on any atom is -0.462 e. The van der Waals surface area contributed by atoms with Crippen molar-refractivity contribution < 1.29 is 9.53 Å². The molecule has 0 atom stereocenters. The van der Waals surface area contributed by atoms with Gasteiger partial charge in [-0.2, -0.15) is 0 Å². The molecular formula is C8H12N2O2S. The maximum Gasteiger partial charge on any atom is 0.316 e. The molecule has 0 unspecified atom stereocenters. The second-order valence-corrected chi connectivity index (χ2v) is 3.69. The van der Waals surface area contributed by atoms with Gasteiger partial charge in [-0.3, -0.25) is 4.79 Å². The van der Waals surface area contributed by atoms with Crippen LogP contribution in [0.4, 0.5) is 0 Å². The van der Waals surface area contributed by atoms with Crippen molar-refractivity contribution in [2.75, 3.05) is 5.75 Å². The summed E-state index contributed by atoms with van der Waals surface area (Å²) in [6.07, 6.45) is 3.32. The van der Waals surface area contributed by atoms with Crippen LogP contribution in [0.5, 0.6) is 0 Å². The summed E-state index contributed by atoms with van der Waals surface area (Å²) in [4.78, 5) is 17.9. The number of ether oxygens (including phenoxy) is 1. The predicted octanol–water partition coefficient (Wildman–Crippen LogP) is 1.45. The molecule has 0 aromatic carbocycles. The lowest BCUT2D eigenvalue weighted by Gasteiger charge is -2.06. The van der Waals surface area contributed by atoms with Crippen molar-refractivity contribution >= 4 is 17.7 Å². The average Bonchev–Trinajstić information content (AvgIpc) is 2.51. The van der Waals surface area contributed by atoms with Crippen molar-refractivity contribution in [2.45, 2.75) is 25.1 Å². The van der Waals surface area contributed by atoms with Crippen LogP contribution in [0.2, 0.25) is 0 Å². The van der Waals surface area contributed by atoms with Gasteiger partial charge in [-0.05, 0) is 13.8 Å². The molecule has 0 fully saturated rings. The van der Waals surface area contributed by atoms with E-state index >= 15 is 0 Å². The van der Waals surface area contributed by atoms with E-state index in [2.05, 4.69) is 9.97 Å². The highest BCUT2D eigenvalue weighted by Gasteiger charge is 2.06. The van der Waals surface area contributed by atoms with Gasteiger partial charge >= 0.3 is 5.97 Å². The van der Waals surface area contributed by atoms with Gasteiger partial charge in [-0.1, -0.05) is 11.8 Å². The number of hydrogen-bond donors (Lipinski definition) is 1. The van der Waals surface area contributed by atoms with Crippen LogP contribution in [0.15, 0.2) is 17.6 Å². The Bertz CT molecular complexity index is 259. The van der Waals surface area contributed by atoms with Crippen LogP contribution in [0.1, 0.15) is 13.8 Å². The van der Waals surface area contributed by atoms with Gasteiger partial charge in [0.1, 0.15) is 0 Å². The molecule has 0 aliphatic carbocycles. The second-order valence-electron chi connectivity index (χ2n) is 2.72. The molecular weight excluding hydrogens is 188 g/mol. The van der Waals surface area contributed by atoms with E-state index in [9.17, 15) is 4.79 Å². The van der Waals surface area contributed by atoms with E-state index in [1.807, 2.05) is 13.8 Å². The second kappa shape index (κ2) is 4.91. The molecule has 0 saturated carbocycles. The molecule has 1 heterocycles. The lowest BCUT2D eigenvalue weighted by molar-refractivity contribution is -0.144. The number of nitrogens with zero attached hydrogens (tertiary/aromatic N) is 1. The minimum atomic E-state index is -0.212. The van der Waals surface area contributed by atoms with Crippen molar-refractivity contribution in [1.82, 2.24) is 9.97 Å². The number of carbonyl (C=O) groups excluding carboxylic acids is 1.